The minimum absolute atomic E-state index is 0.0951. The summed E-state index contributed by atoms with van der Waals surface area (Å²) in [5.74, 6) is -0.226. The van der Waals surface area contributed by atoms with Gasteiger partial charge in [-0.25, -0.2) is 4.39 Å². The standard InChI is InChI=1S/C13H17BrFNO/c1-9(2)4-3-7-16-13(17)11-6-5-10(14)8-12(11)15/h5-6,8-9H,3-4,7H2,1-2H3,(H,16,17). The van der Waals surface area contributed by atoms with E-state index in [1.165, 1.54) is 12.1 Å². The number of nitrogens with one attached hydrogen (secondary N) is 1. The van der Waals surface area contributed by atoms with Crippen LogP contribution in [0.4, 0.5) is 4.39 Å². The van der Waals surface area contributed by atoms with E-state index in [0.717, 1.165) is 12.8 Å². The number of carbonyl (C=O) groups is 1. The van der Waals surface area contributed by atoms with Gasteiger partial charge in [-0.2, -0.15) is 0 Å². The van der Waals surface area contributed by atoms with Crippen molar-refractivity contribution in [2.45, 2.75) is 26.7 Å². The third-order valence-corrected chi connectivity index (χ3v) is 2.91. The van der Waals surface area contributed by atoms with Gasteiger partial charge in [0.05, 0.1) is 5.56 Å². The van der Waals surface area contributed by atoms with Gasteiger partial charge in [0.1, 0.15) is 5.82 Å². The minimum Gasteiger partial charge on any atom is -0.352 e. The Hall–Kier alpha value is -0.900. The van der Waals surface area contributed by atoms with Crippen LogP contribution in [0.2, 0.25) is 0 Å². The largest absolute Gasteiger partial charge is 0.352 e. The first-order valence-electron chi connectivity index (χ1n) is 5.74. The molecule has 17 heavy (non-hydrogen) atoms. The Bertz CT molecular complexity index is 393. The van der Waals surface area contributed by atoms with Crippen molar-refractivity contribution in [1.29, 1.82) is 0 Å². The van der Waals surface area contributed by atoms with Gasteiger partial charge >= 0.3 is 0 Å². The van der Waals surface area contributed by atoms with Gasteiger partial charge in [0.2, 0.25) is 0 Å². The molecule has 4 heteroatoms. The highest BCUT2D eigenvalue weighted by Crippen LogP contribution is 2.15. The molecule has 0 unspecified atom stereocenters. The molecular formula is C13H17BrFNO. The average molecular weight is 302 g/mol. The normalized spacial score (nSPS) is 10.6. The molecule has 0 atom stereocenters. The van der Waals surface area contributed by atoms with Crippen molar-refractivity contribution in [3.8, 4) is 0 Å². The molecule has 0 aliphatic rings. The molecule has 1 aromatic carbocycles. The van der Waals surface area contributed by atoms with Gasteiger partial charge in [-0.05, 0) is 37.0 Å². The summed E-state index contributed by atoms with van der Waals surface area (Å²) in [4.78, 5) is 11.7. The van der Waals surface area contributed by atoms with Crippen molar-refractivity contribution in [2.75, 3.05) is 6.54 Å². The molecule has 2 nitrogen and oxygen atoms in total. The summed E-state index contributed by atoms with van der Waals surface area (Å²) >= 11 is 3.15. The van der Waals surface area contributed by atoms with Crippen LogP contribution >= 0.6 is 15.9 Å². The maximum absolute atomic E-state index is 13.4. The van der Waals surface area contributed by atoms with Gasteiger partial charge in [-0.15, -0.1) is 0 Å². The maximum atomic E-state index is 13.4. The fraction of sp³-hybridized carbons (Fsp3) is 0.462. The number of benzene rings is 1. The van der Waals surface area contributed by atoms with Gasteiger partial charge in [0.15, 0.2) is 0 Å². The van der Waals surface area contributed by atoms with Gasteiger partial charge in [0, 0.05) is 11.0 Å². The molecule has 1 N–H and O–H groups in total. The van der Waals surface area contributed by atoms with Crippen LogP contribution in [0.25, 0.3) is 0 Å². The molecule has 94 valence electrons. The Kier molecular flexibility index (Phi) is 5.62. The third kappa shape index (κ3) is 4.86. The van der Waals surface area contributed by atoms with Gasteiger partial charge < -0.3 is 5.32 Å². The van der Waals surface area contributed by atoms with E-state index in [1.54, 1.807) is 6.07 Å². The molecule has 0 spiro atoms. The van der Waals surface area contributed by atoms with Crippen molar-refractivity contribution in [1.82, 2.24) is 5.32 Å². The number of rotatable bonds is 5. The summed E-state index contributed by atoms with van der Waals surface area (Å²) in [6.45, 7) is 4.86. The first-order chi connectivity index (χ1) is 8.00. The second kappa shape index (κ2) is 6.74. The molecule has 0 bridgehead atoms. The molecule has 0 saturated carbocycles. The minimum atomic E-state index is -0.499. The third-order valence-electron chi connectivity index (χ3n) is 2.42. The van der Waals surface area contributed by atoms with E-state index in [9.17, 15) is 9.18 Å². The zero-order valence-electron chi connectivity index (χ0n) is 10.1. The monoisotopic (exact) mass is 301 g/mol. The van der Waals surface area contributed by atoms with E-state index >= 15 is 0 Å². The number of halogens is 2. The summed E-state index contributed by atoms with van der Waals surface area (Å²) in [6.07, 6.45) is 1.98. The first kappa shape index (κ1) is 14.2. The molecule has 1 aromatic rings. The molecule has 0 radical (unpaired) electrons. The lowest BCUT2D eigenvalue weighted by molar-refractivity contribution is 0.0948. The van der Waals surface area contributed by atoms with Crippen molar-refractivity contribution in [3.05, 3.63) is 34.1 Å². The van der Waals surface area contributed by atoms with Crippen LogP contribution in [0.5, 0.6) is 0 Å². The molecular weight excluding hydrogens is 285 g/mol. The summed E-state index contributed by atoms with van der Waals surface area (Å²) in [7, 11) is 0. The van der Waals surface area contributed by atoms with Crippen molar-refractivity contribution >= 4 is 21.8 Å². The molecule has 0 saturated heterocycles. The average Bonchev–Trinajstić information content (AvgIpc) is 2.23. The van der Waals surface area contributed by atoms with E-state index in [1.807, 2.05) is 0 Å². The smallest absolute Gasteiger partial charge is 0.254 e. The SMILES string of the molecule is CC(C)CCCNC(=O)c1ccc(Br)cc1F. The number of amides is 1. The topological polar surface area (TPSA) is 29.1 Å². The Labute approximate surface area is 110 Å². The lowest BCUT2D eigenvalue weighted by Crippen LogP contribution is -2.25. The van der Waals surface area contributed by atoms with Crippen LogP contribution < -0.4 is 5.32 Å². The lowest BCUT2D eigenvalue weighted by atomic mass is 10.1. The zero-order chi connectivity index (χ0) is 12.8. The second-order valence-electron chi connectivity index (χ2n) is 4.42. The quantitative estimate of drug-likeness (QED) is 0.825. The van der Waals surface area contributed by atoms with E-state index in [4.69, 9.17) is 0 Å². The Morgan fingerprint density at radius 2 is 2.18 bits per heavy atom. The molecule has 0 heterocycles. The fourth-order valence-electron chi connectivity index (χ4n) is 1.48. The summed E-state index contributed by atoms with van der Waals surface area (Å²) in [5.41, 5.74) is 0.0951. The van der Waals surface area contributed by atoms with Crippen LogP contribution in [-0.4, -0.2) is 12.5 Å². The van der Waals surface area contributed by atoms with Crippen LogP contribution in [0.15, 0.2) is 22.7 Å². The van der Waals surface area contributed by atoms with E-state index in [2.05, 4.69) is 35.1 Å². The van der Waals surface area contributed by atoms with Crippen molar-refractivity contribution in [3.63, 3.8) is 0 Å². The van der Waals surface area contributed by atoms with E-state index in [0.29, 0.717) is 16.9 Å². The Morgan fingerprint density at radius 3 is 2.76 bits per heavy atom. The van der Waals surface area contributed by atoms with Crippen LogP contribution in [0.1, 0.15) is 37.0 Å². The van der Waals surface area contributed by atoms with Crippen molar-refractivity contribution < 1.29 is 9.18 Å². The first-order valence-corrected chi connectivity index (χ1v) is 6.53. The number of hydrogen-bond donors (Lipinski definition) is 1. The Morgan fingerprint density at radius 1 is 1.47 bits per heavy atom. The fourth-order valence-corrected chi connectivity index (χ4v) is 1.81. The molecule has 0 aromatic heterocycles. The molecule has 0 fully saturated rings. The molecule has 1 amide bonds. The summed E-state index contributed by atoms with van der Waals surface area (Å²) in [6, 6.07) is 4.44. The predicted octanol–water partition coefficient (Wildman–Crippen LogP) is 3.75. The second-order valence-corrected chi connectivity index (χ2v) is 5.33. The molecule has 0 aliphatic heterocycles. The molecule has 1 rings (SSSR count). The Balaban J connectivity index is 2.47. The van der Waals surface area contributed by atoms with Gasteiger partial charge in [0.25, 0.3) is 5.91 Å². The van der Waals surface area contributed by atoms with E-state index < -0.39 is 5.82 Å². The van der Waals surface area contributed by atoms with Crippen LogP contribution in [0, 0.1) is 11.7 Å². The van der Waals surface area contributed by atoms with Crippen molar-refractivity contribution in [2.24, 2.45) is 5.92 Å². The van der Waals surface area contributed by atoms with Crippen LogP contribution in [-0.2, 0) is 0 Å². The highest BCUT2D eigenvalue weighted by molar-refractivity contribution is 9.10. The number of carbonyl (C=O) groups excluding carboxylic acids is 1. The zero-order valence-corrected chi connectivity index (χ0v) is 11.7. The highest BCUT2D eigenvalue weighted by Gasteiger charge is 2.10. The van der Waals surface area contributed by atoms with Gasteiger partial charge in [-0.3, -0.25) is 4.79 Å². The maximum Gasteiger partial charge on any atom is 0.254 e. The molecule has 0 aliphatic carbocycles. The van der Waals surface area contributed by atoms with E-state index in [-0.39, 0.29) is 11.5 Å². The summed E-state index contributed by atoms with van der Waals surface area (Å²) in [5, 5.41) is 2.72. The lowest BCUT2D eigenvalue weighted by Gasteiger charge is -2.07. The van der Waals surface area contributed by atoms with Crippen LogP contribution in [0.3, 0.4) is 0 Å². The highest BCUT2D eigenvalue weighted by atomic mass is 79.9. The number of hydrogen-bond acceptors (Lipinski definition) is 1. The summed E-state index contributed by atoms with van der Waals surface area (Å²) < 4.78 is 14.1. The van der Waals surface area contributed by atoms with Gasteiger partial charge in [-0.1, -0.05) is 29.8 Å². The predicted molar refractivity (Wildman–Crippen MR) is 70.5 cm³/mol.